The van der Waals surface area contributed by atoms with Crippen LogP contribution in [0.15, 0.2) is 61.2 Å². The highest BCUT2D eigenvalue weighted by atomic mass is 32.1. The van der Waals surface area contributed by atoms with Gasteiger partial charge in [-0.1, -0.05) is 63.9 Å². The lowest BCUT2D eigenvalue weighted by atomic mass is 9.84. The van der Waals surface area contributed by atoms with E-state index < -0.39 is 47.2 Å². The van der Waals surface area contributed by atoms with Crippen LogP contribution in [0.25, 0.3) is 33.3 Å². The molecule has 4 aliphatic rings. The first kappa shape index (κ1) is 59.8. The molecule has 392 valence electrons. The first-order chi connectivity index (χ1) is 32.7. The van der Waals surface area contributed by atoms with E-state index in [1.165, 1.54) is 16.2 Å². The fourth-order valence-electron chi connectivity index (χ4n) is 10.2. The summed E-state index contributed by atoms with van der Waals surface area (Å²) in [6.07, 6.45) is 7.41. The first-order valence-electron chi connectivity index (χ1n) is 24.1. The molecule has 4 aromatic rings. The molecule has 16 nitrogen and oxygen atoms in total. The van der Waals surface area contributed by atoms with Crippen molar-refractivity contribution in [3.05, 3.63) is 72.3 Å². The summed E-state index contributed by atoms with van der Waals surface area (Å²) in [5.74, 6) is 3.01. The van der Waals surface area contributed by atoms with E-state index in [9.17, 15) is 24.0 Å². The van der Waals surface area contributed by atoms with Gasteiger partial charge in [-0.25, -0.2) is 15.4 Å². The van der Waals surface area contributed by atoms with Gasteiger partial charge in [-0.3, -0.25) is 33.9 Å². The zero-order valence-electron chi connectivity index (χ0n) is 42.3. The number of fused-ring (bicyclic) bond motifs is 6. The Kier molecular flexibility index (Phi) is 22.0. The second-order valence-electron chi connectivity index (χ2n) is 19.7. The highest BCUT2D eigenvalue weighted by molar-refractivity contribution is 7.59. The molecule has 0 aliphatic carbocycles. The standard InChI is InChI=1S/C52H65N9O7.4H2S/c1-7-60-44-16-15-37-27-40(44)41(47(60)39-29-53-33-54-30-39)28-52(4,5)32-68-51(66)42-13-9-19-61(56-42)50(65)43(26-35-11-8-12-36(37)25-35)55-48(63)46(34(2)3)57(6)49(64)38-17-20-59(31-38)45(62)14-10-18-58-21-23-67-24-22-58;;;;/h8,11-12,15-16,25,27,29-30,33-34,38,42-43,46,56H,7,9,13,17-24,26,28,31-32H2,1-6H3,(H,55,63);4*1H2/t38-,42-,43-,46-;;;;/m0..../s1. The Balaban J connectivity index is 0.00000281. The van der Waals surface area contributed by atoms with Crippen molar-refractivity contribution in [1.82, 2.24) is 45.0 Å². The molecule has 2 aromatic carbocycles. The number of carbonyl (C=O) groups excluding carboxylic acids is 5. The molecule has 0 spiro atoms. The Morgan fingerprint density at radius 3 is 2.38 bits per heavy atom. The number of nitrogens with one attached hydrogen (secondary N) is 2. The average Bonchev–Trinajstić information content (AvgIpc) is 3.96. The molecule has 0 radical (unpaired) electrons. The SMILES string of the molecule is CCn1c(-c2cncnc2)c2c3cc(ccc31)-c1cccc(c1)C[C@H](NC(=O)[C@H](C(C)C)N(C)C(=O)[C@H]1CCN(C(=O)C#CCN3CCOCC3)C1)C(=O)N1CCC[C@H](N1)C(=O)OCC(C)(C)C2.S.S.S.S. The van der Waals surface area contributed by atoms with Gasteiger partial charge in [-0.05, 0) is 78.8 Å². The summed E-state index contributed by atoms with van der Waals surface area (Å²) >= 11 is 0. The first-order valence-corrected chi connectivity index (χ1v) is 24.1. The van der Waals surface area contributed by atoms with Crippen LogP contribution in [-0.4, -0.2) is 148 Å². The number of rotatable bonds is 8. The van der Waals surface area contributed by atoms with E-state index in [2.05, 4.69) is 87.1 Å². The minimum atomic E-state index is -1.05. The lowest BCUT2D eigenvalue weighted by molar-refractivity contribution is -0.155. The number of carbonyl (C=O) groups is 5. The van der Waals surface area contributed by atoms with Crippen LogP contribution < -0.4 is 10.7 Å². The normalized spacial score (nSPS) is 20.5. The van der Waals surface area contributed by atoms with E-state index in [1.807, 2.05) is 44.4 Å². The summed E-state index contributed by atoms with van der Waals surface area (Å²) in [7, 11) is 1.62. The number of amides is 4. The van der Waals surface area contributed by atoms with Gasteiger partial charge in [0.25, 0.3) is 11.8 Å². The predicted molar refractivity (Wildman–Crippen MR) is 299 cm³/mol. The summed E-state index contributed by atoms with van der Waals surface area (Å²) in [4.78, 5) is 84.3. The van der Waals surface area contributed by atoms with Crippen molar-refractivity contribution >= 4 is 94.5 Å². The van der Waals surface area contributed by atoms with Gasteiger partial charge in [0, 0.05) is 87.0 Å². The van der Waals surface area contributed by atoms with Crippen molar-refractivity contribution in [2.45, 2.75) is 91.4 Å². The lowest BCUT2D eigenvalue weighted by Crippen LogP contribution is -2.62. The highest BCUT2D eigenvalue weighted by Gasteiger charge is 2.40. The van der Waals surface area contributed by atoms with Crippen molar-refractivity contribution < 1.29 is 33.4 Å². The van der Waals surface area contributed by atoms with Crippen molar-refractivity contribution in [3.63, 3.8) is 0 Å². The Morgan fingerprint density at radius 1 is 0.944 bits per heavy atom. The van der Waals surface area contributed by atoms with Crippen LogP contribution in [-0.2, 0) is 52.8 Å². The second-order valence-corrected chi connectivity index (χ2v) is 19.7. The van der Waals surface area contributed by atoms with Crippen molar-refractivity contribution in [3.8, 4) is 34.2 Å². The van der Waals surface area contributed by atoms with Gasteiger partial charge < -0.3 is 29.2 Å². The molecule has 4 atom stereocenters. The maximum absolute atomic E-state index is 14.7. The molecule has 3 fully saturated rings. The number of ether oxygens (including phenoxy) is 2. The minimum absolute atomic E-state index is 0. The van der Waals surface area contributed by atoms with Gasteiger partial charge in [0.2, 0.25) is 11.8 Å². The number of esters is 1. The van der Waals surface area contributed by atoms with Crippen molar-refractivity contribution in [2.24, 2.45) is 17.3 Å². The topological polar surface area (TPSA) is 172 Å². The molecular weight excluding hydrogens is 991 g/mol. The average molecular weight is 1060 g/mol. The molecule has 0 saturated carbocycles. The molecule has 4 amide bonds. The molecule has 6 heterocycles. The number of benzene rings is 2. The van der Waals surface area contributed by atoms with E-state index in [0.717, 1.165) is 57.5 Å². The second kappa shape index (κ2) is 26.5. The number of cyclic esters (lactones) is 1. The number of morpholine rings is 1. The predicted octanol–water partition coefficient (Wildman–Crippen LogP) is 4.55. The van der Waals surface area contributed by atoms with Gasteiger partial charge in [0.1, 0.15) is 24.5 Å². The number of nitrogens with zero attached hydrogens (tertiary/aromatic N) is 7. The fourth-order valence-corrected chi connectivity index (χ4v) is 10.2. The van der Waals surface area contributed by atoms with Gasteiger partial charge in [-0.15, -0.1) is 0 Å². The zero-order chi connectivity index (χ0) is 48.1. The minimum Gasteiger partial charge on any atom is -0.464 e. The molecule has 8 rings (SSSR count). The molecule has 4 aliphatic heterocycles. The third kappa shape index (κ3) is 13.7. The fraction of sp³-hybridized carbons (Fsp3) is 0.519. The number of likely N-dealkylation sites (N-methyl/N-ethyl adjacent to an activating group) is 1. The van der Waals surface area contributed by atoms with E-state index >= 15 is 0 Å². The summed E-state index contributed by atoms with van der Waals surface area (Å²) in [5, 5.41) is 5.58. The van der Waals surface area contributed by atoms with Crippen LogP contribution in [0.4, 0.5) is 0 Å². The van der Waals surface area contributed by atoms with Crippen LogP contribution in [0.2, 0.25) is 0 Å². The third-order valence-corrected chi connectivity index (χ3v) is 13.7. The molecule has 20 heteroatoms. The largest absolute Gasteiger partial charge is 0.464 e. The molecule has 6 bridgehead atoms. The third-order valence-electron chi connectivity index (χ3n) is 13.7. The molecule has 3 saturated heterocycles. The zero-order valence-corrected chi connectivity index (χ0v) is 46.3. The van der Waals surface area contributed by atoms with Crippen LogP contribution in [0.3, 0.4) is 0 Å². The van der Waals surface area contributed by atoms with E-state index in [-0.39, 0.29) is 91.3 Å². The molecule has 2 N–H and O–H groups in total. The Labute approximate surface area is 451 Å². The Bertz CT molecular complexity index is 2600. The molecule has 2 aromatic heterocycles. The van der Waals surface area contributed by atoms with Crippen molar-refractivity contribution in [1.29, 1.82) is 0 Å². The number of hydrogen-bond donors (Lipinski definition) is 2. The Morgan fingerprint density at radius 2 is 1.67 bits per heavy atom. The molecule has 0 unspecified atom stereocenters. The van der Waals surface area contributed by atoms with Crippen LogP contribution in [0.1, 0.15) is 65.0 Å². The van der Waals surface area contributed by atoms with E-state index in [0.29, 0.717) is 65.1 Å². The van der Waals surface area contributed by atoms with Crippen molar-refractivity contribution in [2.75, 3.05) is 66.1 Å². The summed E-state index contributed by atoms with van der Waals surface area (Å²) in [5.41, 5.74) is 9.52. The Hall–Kier alpha value is -4.75. The number of aromatic nitrogens is 3. The van der Waals surface area contributed by atoms with Gasteiger partial charge in [0.15, 0.2) is 0 Å². The quantitative estimate of drug-likeness (QED) is 0.188. The summed E-state index contributed by atoms with van der Waals surface area (Å²) in [6, 6.07) is 11.7. The van der Waals surface area contributed by atoms with E-state index in [4.69, 9.17) is 9.47 Å². The van der Waals surface area contributed by atoms with Crippen LogP contribution >= 0.6 is 54.0 Å². The van der Waals surface area contributed by atoms with Gasteiger partial charge in [0.05, 0.1) is 38.0 Å². The van der Waals surface area contributed by atoms with E-state index in [1.54, 1.807) is 11.9 Å². The highest BCUT2D eigenvalue weighted by Crippen LogP contribution is 2.40. The monoisotopic (exact) mass is 1060 g/mol. The number of hydrazine groups is 1. The number of aryl methyl sites for hydroxylation is 1. The van der Waals surface area contributed by atoms with Gasteiger partial charge in [-0.2, -0.15) is 54.0 Å². The summed E-state index contributed by atoms with van der Waals surface area (Å²) in [6.45, 7) is 15.1. The molecular formula is C52H73N9O7S4. The maximum Gasteiger partial charge on any atom is 0.324 e. The number of likely N-dealkylation sites (tertiary alicyclic amines) is 1. The lowest BCUT2D eigenvalue weighted by Gasteiger charge is -2.37. The molecule has 72 heavy (non-hydrogen) atoms. The smallest absolute Gasteiger partial charge is 0.324 e. The van der Waals surface area contributed by atoms with Crippen LogP contribution in [0.5, 0.6) is 0 Å². The van der Waals surface area contributed by atoms with Gasteiger partial charge >= 0.3 is 5.97 Å². The summed E-state index contributed by atoms with van der Waals surface area (Å²) < 4.78 is 13.8. The maximum atomic E-state index is 14.7. The number of hydrogen-bond acceptors (Lipinski definition) is 11. The van der Waals surface area contributed by atoms with Crippen LogP contribution in [0, 0.1) is 29.1 Å².